The lowest BCUT2D eigenvalue weighted by molar-refractivity contribution is 0.809. The minimum absolute atomic E-state index is 0.856. The molecule has 112 valence electrons. The van der Waals surface area contributed by atoms with Crippen LogP contribution in [0.4, 0.5) is 5.82 Å². The molecular weight excluding hydrogens is 280 g/mol. The number of aryl methyl sites for hydroxylation is 3. The molecule has 0 saturated heterocycles. The van der Waals surface area contributed by atoms with E-state index in [1.807, 2.05) is 13.0 Å². The molecule has 0 radical (unpaired) electrons. The molecule has 0 aromatic carbocycles. The number of nitrogens with one attached hydrogen (secondary N) is 1. The molecule has 0 aliphatic carbocycles. The SMILES string of the molecule is CCCc1nc(NCC)cc(Sc2cc(C)cc(C)n2)n1. The zero-order chi connectivity index (χ0) is 15.2. The molecule has 0 fully saturated rings. The van der Waals surface area contributed by atoms with E-state index >= 15 is 0 Å². The molecule has 0 saturated carbocycles. The van der Waals surface area contributed by atoms with E-state index in [2.05, 4.69) is 53.2 Å². The third-order valence-electron chi connectivity index (χ3n) is 2.86. The van der Waals surface area contributed by atoms with Crippen molar-refractivity contribution in [2.24, 2.45) is 0 Å². The van der Waals surface area contributed by atoms with Crippen molar-refractivity contribution >= 4 is 17.6 Å². The Balaban J connectivity index is 2.28. The molecule has 0 amide bonds. The second-order valence-electron chi connectivity index (χ2n) is 5.01. The van der Waals surface area contributed by atoms with E-state index in [0.717, 1.165) is 46.8 Å². The van der Waals surface area contributed by atoms with Gasteiger partial charge < -0.3 is 5.32 Å². The Kier molecular flexibility index (Phi) is 5.56. The van der Waals surface area contributed by atoms with Gasteiger partial charge in [0, 0.05) is 24.7 Å². The Bertz CT molecular complexity index is 569. The first-order valence-corrected chi connectivity index (χ1v) is 8.17. The van der Waals surface area contributed by atoms with E-state index in [4.69, 9.17) is 0 Å². The number of anilines is 1. The Hall–Kier alpha value is -1.62. The minimum atomic E-state index is 0.856. The Morgan fingerprint density at radius 2 is 1.76 bits per heavy atom. The molecular formula is C16H22N4S. The molecule has 4 nitrogen and oxygen atoms in total. The fourth-order valence-electron chi connectivity index (χ4n) is 2.10. The fraction of sp³-hybridized carbons (Fsp3) is 0.438. The largest absolute Gasteiger partial charge is 0.370 e. The standard InChI is InChI=1S/C16H22N4S/c1-5-7-13-19-14(17-6-2)10-16(20-13)21-15-9-11(3)8-12(4)18-15/h8-10H,5-7H2,1-4H3,(H,17,19,20). The second kappa shape index (κ2) is 7.41. The maximum Gasteiger partial charge on any atom is 0.132 e. The molecule has 21 heavy (non-hydrogen) atoms. The predicted octanol–water partition coefficient (Wildman–Crippen LogP) is 4.02. The number of nitrogens with zero attached hydrogens (tertiary/aromatic N) is 3. The molecule has 1 N–H and O–H groups in total. The van der Waals surface area contributed by atoms with Gasteiger partial charge in [0.05, 0.1) is 0 Å². The lowest BCUT2D eigenvalue weighted by atomic mass is 10.3. The van der Waals surface area contributed by atoms with Gasteiger partial charge in [-0.3, -0.25) is 0 Å². The molecule has 0 unspecified atom stereocenters. The summed E-state index contributed by atoms with van der Waals surface area (Å²) in [5.74, 6) is 1.78. The lowest BCUT2D eigenvalue weighted by Crippen LogP contribution is -2.04. The highest BCUT2D eigenvalue weighted by atomic mass is 32.2. The Labute approximate surface area is 130 Å². The van der Waals surface area contributed by atoms with Crippen LogP contribution in [0.2, 0.25) is 0 Å². The number of hydrogen-bond acceptors (Lipinski definition) is 5. The fourth-order valence-corrected chi connectivity index (χ4v) is 3.07. The summed E-state index contributed by atoms with van der Waals surface area (Å²) in [6.45, 7) is 9.17. The molecule has 5 heteroatoms. The summed E-state index contributed by atoms with van der Waals surface area (Å²) in [6.07, 6.45) is 1.94. The number of aromatic nitrogens is 3. The quantitative estimate of drug-likeness (QED) is 0.817. The van der Waals surface area contributed by atoms with E-state index in [0.29, 0.717) is 0 Å². The van der Waals surface area contributed by atoms with Crippen LogP contribution in [-0.2, 0) is 6.42 Å². The van der Waals surface area contributed by atoms with Gasteiger partial charge in [-0.05, 0) is 56.7 Å². The van der Waals surface area contributed by atoms with Crippen molar-refractivity contribution in [2.75, 3.05) is 11.9 Å². The van der Waals surface area contributed by atoms with Gasteiger partial charge in [0.1, 0.15) is 21.7 Å². The normalized spacial score (nSPS) is 10.7. The molecule has 2 heterocycles. The van der Waals surface area contributed by atoms with Gasteiger partial charge in [-0.1, -0.05) is 6.92 Å². The van der Waals surface area contributed by atoms with Crippen molar-refractivity contribution in [1.29, 1.82) is 0 Å². The molecule has 2 aromatic rings. The van der Waals surface area contributed by atoms with Crippen LogP contribution in [0.25, 0.3) is 0 Å². The van der Waals surface area contributed by atoms with Gasteiger partial charge in [0.15, 0.2) is 0 Å². The predicted molar refractivity (Wildman–Crippen MR) is 88.0 cm³/mol. The summed E-state index contributed by atoms with van der Waals surface area (Å²) in [7, 11) is 0. The van der Waals surface area contributed by atoms with Crippen LogP contribution in [0.5, 0.6) is 0 Å². The lowest BCUT2D eigenvalue weighted by Gasteiger charge is -2.08. The van der Waals surface area contributed by atoms with Gasteiger partial charge in [-0.2, -0.15) is 0 Å². The molecule has 0 aliphatic rings. The summed E-state index contributed by atoms with van der Waals surface area (Å²) in [4.78, 5) is 13.7. The van der Waals surface area contributed by atoms with E-state index in [9.17, 15) is 0 Å². The molecule has 0 aliphatic heterocycles. The number of pyridine rings is 1. The van der Waals surface area contributed by atoms with Crippen molar-refractivity contribution in [3.05, 3.63) is 35.3 Å². The number of hydrogen-bond donors (Lipinski definition) is 1. The highest BCUT2D eigenvalue weighted by molar-refractivity contribution is 7.99. The zero-order valence-electron chi connectivity index (χ0n) is 13.1. The van der Waals surface area contributed by atoms with Crippen LogP contribution in [0.3, 0.4) is 0 Å². The van der Waals surface area contributed by atoms with Gasteiger partial charge in [-0.25, -0.2) is 15.0 Å². The van der Waals surface area contributed by atoms with Gasteiger partial charge in [-0.15, -0.1) is 0 Å². The topological polar surface area (TPSA) is 50.7 Å². The van der Waals surface area contributed by atoms with Crippen molar-refractivity contribution in [1.82, 2.24) is 15.0 Å². The average molecular weight is 302 g/mol. The first kappa shape index (κ1) is 15.8. The summed E-state index contributed by atoms with van der Waals surface area (Å²) in [6, 6.07) is 6.16. The third-order valence-corrected chi connectivity index (χ3v) is 3.70. The van der Waals surface area contributed by atoms with Crippen LogP contribution in [-0.4, -0.2) is 21.5 Å². The summed E-state index contributed by atoms with van der Waals surface area (Å²) in [5.41, 5.74) is 2.26. The van der Waals surface area contributed by atoms with Crippen molar-refractivity contribution in [3.63, 3.8) is 0 Å². The Morgan fingerprint density at radius 3 is 2.43 bits per heavy atom. The molecule has 0 bridgehead atoms. The smallest absolute Gasteiger partial charge is 0.132 e. The average Bonchev–Trinajstić information content (AvgIpc) is 2.37. The van der Waals surface area contributed by atoms with Crippen molar-refractivity contribution < 1.29 is 0 Å². The van der Waals surface area contributed by atoms with Crippen LogP contribution in [0.15, 0.2) is 28.3 Å². The second-order valence-corrected chi connectivity index (χ2v) is 6.05. The van der Waals surface area contributed by atoms with E-state index in [1.54, 1.807) is 11.8 Å². The summed E-state index contributed by atoms with van der Waals surface area (Å²) >= 11 is 1.59. The van der Waals surface area contributed by atoms with Gasteiger partial charge in [0.25, 0.3) is 0 Å². The van der Waals surface area contributed by atoms with Gasteiger partial charge in [0.2, 0.25) is 0 Å². The third kappa shape index (κ3) is 4.70. The Morgan fingerprint density at radius 1 is 1.00 bits per heavy atom. The van der Waals surface area contributed by atoms with E-state index in [-0.39, 0.29) is 0 Å². The maximum absolute atomic E-state index is 4.63. The highest BCUT2D eigenvalue weighted by Gasteiger charge is 2.07. The minimum Gasteiger partial charge on any atom is -0.370 e. The van der Waals surface area contributed by atoms with Crippen LogP contribution in [0.1, 0.15) is 37.4 Å². The maximum atomic E-state index is 4.63. The van der Waals surface area contributed by atoms with E-state index in [1.165, 1.54) is 5.56 Å². The van der Waals surface area contributed by atoms with Gasteiger partial charge >= 0.3 is 0 Å². The van der Waals surface area contributed by atoms with E-state index < -0.39 is 0 Å². The number of rotatable bonds is 6. The summed E-state index contributed by atoms with van der Waals surface area (Å²) < 4.78 is 0. The molecule has 0 spiro atoms. The van der Waals surface area contributed by atoms with Crippen LogP contribution >= 0.6 is 11.8 Å². The monoisotopic (exact) mass is 302 g/mol. The molecule has 2 rings (SSSR count). The van der Waals surface area contributed by atoms with Crippen molar-refractivity contribution in [3.8, 4) is 0 Å². The first-order valence-electron chi connectivity index (χ1n) is 7.35. The molecule has 2 aromatic heterocycles. The van der Waals surface area contributed by atoms with Crippen LogP contribution in [0, 0.1) is 13.8 Å². The van der Waals surface area contributed by atoms with Crippen molar-refractivity contribution in [2.45, 2.75) is 50.6 Å². The first-order chi connectivity index (χ1) is 10.1. The highest BCUT2D eigenvalue weighted by Crippen LogP contribution is 2.27. The van der Waals surface area contributed by atoms with Crippen LogP contribution < -0.4 is 5.32 Å². The molecule has 0 atom stereocenters. The zero-order valence-corrected chi connectivity index (χ0v) is 13.9. The summed E-state index contributed by atoms with van der Waals surface area (Å²) in [5, 5.41) is 5.20.